The molecular weight excluding hydrogens is 338 g/mol. The van der Waals surface area contributed by atoms with Crippen LogP contribution >= 0.6 is 11.6 Å². The van der Waals surface area contributed by atoms with E-state index in [-0.39, 0.29) is 0 Å². The number of benzene rings is 2. The van der Waals surface area contributed by atoms with Crippen LogP contribution < -0.4 is 10.1 Å². The van der Waals surface area contributed by atoms with Gasteiger partial charge in [0.25, 0.3) is 0 Å². The Morgan fingerprint density at radius 1 is 1.16 bits per heavy atom. The minimum atomic E-state index is 0.605. The third-order valence-corrected chi connectivity index (χ3v) is 4.52. The number of anilines is 2. The minimum Gasteiger partial charge on any atom is -0.495 e. The summed E-state index contributed by atoms with van der Waals surface area (Å²) >= 11 is 6.19. The van der Waals surface area contributed by atoms with E-state index in [0.29, 0.717) is 22.2 Å². The largest absolute Gasteiger partial charge is 0.495 e. The lowest BCUT2D eigenvalue weighted by Crippen LogP contribution is -2.02. The molecule has 1 N–H and O–H groups in total. The number of hydrogen-bond acceptors (Lipinski definition) is 5. The first-order valence-electron chi connectivity index (χ1n) is 7.78. The van der Waals surface area contributed by atoms with Gasteiger partial charge in [0.1, 0.15) is 12.1 Å². The molecule has 0 saturated carbocycles. The van der Waals surface area contributed by atoms with Crippen molar-refractivity contribution < 1.29 is 4.74 Å². The molecule has 4 rings (SSSR count). The van der Waals surface area contributed by atoms with Crippen LogP contribution in [0.3, 0.4) is 0 Å². The second-order valence-corrected chi connectivity index (χ2v) is 6.31. The predicted molar refractivity (Wildman–Crippen MR) is 99.0 cm³/mol. The number of aryl methyl sites for hydroxylation is 2. The summed E-state index contributed by atoms with van der Waals surface area (Å²) in [6, 6.07) is 9.79. The fourth-order valence-electron chi connectivity index (χ4n) is 2.81. The Kier molecular flexibility index (Phi) is 3.69. The molecule has 2 aromatic heterocycles. The zero-order chi connectivity index (χ0) is 17.6. The molecule has 0 saturated heterocycles. The lowest BCUT2D eigenvalue weighted by molar-refractivity contribution is 0.416. The molecule has 0 unspecified atom stereocenters. The van der Waals surface area contributed by atoms with Gasteiger partial charge in [0.05, 0.1) is 23.8 Å². The number of halogens is 1. The van der Waals surface area contributed by atoms with Gasteiger partial charge in [-0.15, -0.1) is 10.2 Å². The monoisotopic (exact) mass is 353 g/mol. The molecule has 0 aliphatic heterocycles. The normalized spacial score (nSPS) is 11.2. The van der Waals surface area contributed by atoms with Crippen molar-refractivity contribution in [3.8, 4) is 5.75 Å². The van der Waals surface area contributed by atoms with Gasteiger partial charge in [-0.2, -0.15) is 0 Å². The topological polar surface area (TPSA) is 64.3 Å². The van der Waals surface area contributed by atoms with E-state index in [9.17, 15) is 0 Å². The van der Waals surface area contributed by atoms with E-state index in [1.165, 1.54) is 0 Å². The highest BCUT2D eigenvalue weighted by molar-refractivity contribution is 6.31. The third-order valence-electron chi connectivity index (χ3n) is 4.12. The van der Waals surface area contributed by atoms with E-state index in [0.717, 1.165) is 27.8 Å². The maximum atomic E-state index is 6.19. The summed E-state index contributed by atoms with van der Waals surface area (Å²) in [6.45, 7) is 3.99. The van der Waals surface area contributed by atoms with Gasteiger partial charge < -0.3 is 10.1 Å². The number of fused-ring (bicyclic) bond motifs is 3. The quantitative estimate of drug-likeness (QED) is 0.595. The molecule has 0 spiro atoms. The number of nitrogens with one attached hydrogen (secondary N) is 1. The zero-order valence-electron chi connectivity index (χ0n) is 14.0. The molecule has 0 fully saturated rings. The van der Waals surface area contributed by atoms with Crippen molar-refractivity contribution in [2.75, 3.05) is 12.4 Å². The maximum Gasteiger partial charge on any atom is 0.204 e. The van der Waals surface area contributed by atoms with Gasteiger partial charge in [0.2, 0.25) is 5.65 Å². The SMILES string of the molecule is COc1cc(Cl)c(C)cc1Nc1nc2ccc(C)cc2n2cnnc12. The Labute approximate surface area is 149 Å². The van der Waals surface area contributed by atoms with Crippen LogP contribution in [0.1, 0.15) is 11.1 Å². The molecule has 0 atom stereocenters. The number of hydrogen-bond donors (Lipinski definition) is 1. The molecule has 2 aromatic carbocycles. The molecule has 126 valence electrons. The number of nitrogens with zero attached hydrogens (tertiary/aromatic N) is 4. The average molecular weight is 354 g/mol. The van der Waals surface area contributed by atoms with E-state index in [4.69, 9.17) is 21.3 Å². The highest BCUT2D eigenvalue weighted by Gasteiger charge is 2.14. The molecule has 0 radical (unpaired) electrons. The minimum absolute atomic E-state index is 0.605. The highest BCUT2D eigenvalue weighted by atomic mass is 35.5. The fraction of sp³-hybridized carbons (Fsp3) is 0.167. The van der Waals surface area contributed by atoms with E-state index < -0.39 is 0 Å². The standard InChI is InChI=1S/C18H16ClN5O/c1-10-4-5-13-15(6-10)24-9-20-23-18(24)17(21-13)22-14-7-11(2)12(19)8-16(14)25-3/h4-9H,1-3H3,(H,21,22). The Morgan fingerprint density at radius 2 is 2.00 bits per heavy atom. The van der Waals surface area contributed by atoms with Crippen LogP contribution in [0.5, 0.6) is 5.75 Å². The van der Waals surface area contributed by atoms with Crippen LogP contribution in [-0.2, 0) is 0 Å². The third kappa shape index (κ3) is 2.64. The van der Waals surface area contributed by atoms with Crippen LogP contribution in [0.4, 0.5) is 11.5 Å². The van der Waals surface area contributed by atoms with Crippen molar-refractivity contribution >= 4 is 39.8 Å². The second-order valence-electron chi connectivity index (χ2n) is 5.90. The van der Waals surface area contributed by atoms with Crippen LogP contribution in [0.15, 0.2) is 36.7 Å². The molecule has 0 bridgehead atoms. The van der Waals surface area contributed by atoms with Gasteiger partial charge in [-0.3, -0.25) is 4.40 Å². The first-order valence-corrected chi connectivity index (χ1v) is 8.16. The number of ether oxygens (including phenoxy) is 1. The lowest BCUT2D eigenvalue weighted by atomic mass is 10.2. The Balaban J connectivity index is 1.91. The maximum absolute atomic E-state index is 6.19. The molecule has 4 aromatic rings. The summed E-state index contributed by atoms with van der Waals surface area (Å²) in [6.07, 6.45) is 1.69. The molecular formula is C18H16ClN5O. The second kappa shape index (κ2) is 5.89. The summed E-state index contributed by atoms with van der Waals surface area (Å²) in [7, 11) is 1.61. The van der Waals surface area contributed by atoms with E-state index in [2.05, 4.69) is 21.6 Å². The average Bonchev–Trinajstić information content (AvgIpc) is 3.09. The van der Waals surface area contributed by atoms with Crippen molar-refractivity contribution in [2.24, 2.45) is 0 Å². The predicted octanol–water partition coefficient (Wildman–Crippen LogP) is 4.30. The van der Waals surface area contributed by atoms with Crippen molar-refractivity contribution in [1.82, 2.24) is 19.6 Å². The first-order chi connectivity index (χ1) is 12.1. The fourth-order valence-corrected chi connectivity index (χ4v) is 2.96. The van der Waals surface area contributed by atoms with Gasteiger partial charge in [0.15, 0.2) is 5.82 Å². The Morgan fingerprint density at radius 3 is 2.80 bits per heavy atom. The molecule has 0 aliphatic carbocycles. The molecule has 0 aliphatic rings. The molecule has 2 heterocycles. The lowest BCUT2D eigenvalue weighted by Gasteiger charge is -2.14. The zero-order valence-corrected chi connectivity index (χ0v) is 14.8. The van der Waals surface area contributed by atoms with Crippen LogP contribution in [0.25, 0.3) is 16.7 Å². The van der Waals surface area contributed by atoms with Crippen molar-refractivity contribution in [2.45, 2.75) is 13.8 Å². The van der Waals surface area contributed by atoms with E-state index >= 15 is 0 Å². The molecule has 7 heteroatoms. The number of aromatic nitrogens is 4. The van der Waals surface area contributed by atoms with Crippen molar-refractivity contribution in [3.05, 3.63) is 52.8 Å². The summed E-state index contributed by atoms with van der Waals surface area (Å²) in [4.78, 5) is 4.72. The van der Waals surface area contributed by atoms with E-state index in [1.54, 1.807) is 19.5 Å². The molecule has 6 nitrogen and oxygen atoms in total. The summed E-state index contributed by atoms with van der Waals surface area (Å²) < 4.78 is 7.36. The van der Waals surface area contributed by atoms with Gasteiger partial charge in [-0.05, 0) is 43.2 Å². The first kappa shape index (κ1) is 15.7. The Bertz CT molecular complexity index is 1110. The smallest absolute Gasteiger partial charge is 0.204 e. The Hall–Kier alpha value is -2.86. The van der Waals surface area contributed by atoms with Gasteiger partial charge in [-0.1, -0.05) is 17.7 Å². The molecule has 25 heavy (non-hydrogen) atoms. The van der Waals surface area contributed by atoms with Crippen LogP contribution in [0, 0.1) is 13.8 Å². The van der Waals surface area contributed by atoms with Crippen molar-refractivity contribution in [1.29, 1.82) is 0 Å². The summed E-state index contributed by atoms with van der Waals surface area (Å²) in [5.41, 5.74) is 5.33. The van der Waals surface area contributed by atoms with Crippen LogP contribution in [0.2, 0.25) is 5.02 Å². The van der Waals surface area contributed by atoms with Gasteiger partial charge >= 0.3 is 0 Å². The number of rotatable bonds is 3. The summed E-state index contributed by atoms with van der Waals surface area (Å²) in [5, 5.41) is 12.2. The van der Waals surface area contributed by atoms with Crippen molar-refractivity contribution in [3.63, 3.8) is 0 Å². The van der Waals surface area contributed by atoms with Gasteiger partial charge in [-0.25, -0.2) is 4.98 Å². The molecule has 0 amide bonds. The van der Waals surface area contributed by atoms with Gasteiger partial charge in [0, 0.05) is 11.1 Å². The number of methoxy groups -OCH3 is 1. The van der Waals surface area contributed by atoms with Crippen LogP contribution in [-0.4, -0.2) is 26.7 Å². The highest BCUT2D eigenvalue weighted by Crippen LogP contribution is 2.34. The summed E-state index contributed by atoms with van der Waals surface area (Å²) in [5.74, 6) is 1.24. The van der Waals surface area contributed by atoms with E-state index in [1.807, 2.05) is 36.4 Å².